The number of anilines is 1. The number of rotatable bonds is 5. The second-order valence-electron chi connectivity index (χ2n) is 7.05. The van der Waals surface area contributed by atoms with E-state index in [0.717, 1.165) is 11.1 Å². The summed E-state index contributed by atoms with van der Waals surface area (Å²) in [5, 5.41) is 0.545. The number of β-lactam (4-membered cyclic amide) rings is 1. The highest BCUT2D eigenvalue weighted by Crippen LogP contribution is 2.42. The number of carbonyl (C=O) groups is 2. The van der Waals surface area contributed by atoms with Gasteiger partial charge in [-0.15, -0.1) is 0 Å². The minimum absolute atomic E-state index is 0.150. The van der Waals surface area contributed by atoms with Crippen molar-refractivity contribution in [2.75, 3.05) is 12.0 Å². The summed E-state index contributed by atoms with van der Waals surface area (Å²) in [5.74, 6) is 0.103. The first kappa shape index (κ1) is 20.0. The Hall–Kier alpha value is -3.31. The van der Waals surface area contributed by atoms with Crippen LogP contribution < -0.4 is 9.64 Å². The van der Waals surface area contributed by atoms with Crippen molar-refractivity contribution in [3.8, 4) is 5.75 Å². The first-order valence-electron chi connectivity index (χ1n) is 9.49. The fraction of sp³-hybridized carbons (Fsp3) is 0.167. The number of nitrogens with zero attached hydrogens (tertiary/aromatic N) is 1. The molecule has 3 aromatic carbocycles. The van der Waals surface area contributed by atoms with Gasteiger partial charge >= 0.3 is 5.97 Å². The molecule has 1 amide bonds. The van der Waals surface area contributed by atoms with Crippen LogP contribution in [0.5, 0.6) is 5.75 Å². The molecule has 1 heterocycles. The summed E-state index contributed by atoms with van der Waals surface area (Å²) in [5.41, 5.74) is 2.93. The Kier molecular flexibility index (Phi) is 5.46. The number of methoxy groups -OCH3 is 1. The third-order valence-corrected chi connectivity index (χ3v) is 5.39. The van der Waals surface area contributed by atoms with Gasteiger partial charge in [0.15, 0.2) is 0 Å². The van der Waals surface area contributed by atoms with Crippen LogP contribution in [0.3, 0.4) is 0 Å². The van der Waals surface area contributed by atoms with E-state index < -0.39 is 12.1 Å². The average Bonchev–Trinajstić information content (AvgIpc) is 2.76. The zero-order chi connectivity index (χ0) is 21.3. The zero-order valence-corrected chi connectivity index (χ0v) is 17.3. The number of carbonyl (C=O) groups excluding carboxylic acids is 2. The largest absolute Gasteiger partial charge is 0.478 e. The number of hydrogen-bond acceptors (Lipinski definition) is 4. The van der Waals surface area contributed by atoms with E-state index in [9.17, 15) is 9.59 Å². The molecular weight excluding hydrogens is 402 g/mol. The third-order valence-electron chi connectivity index (χ3n) is 5.15. The lowest BCUT2D eigenvalue weighted by Crippen LogP contribution is -2.61. The summed E-state index contributed by atoms with van der Waals surface area (Å²) in [6.07, 6.45) is -0.686. The first-order valence-corrected chi connectivity index (χ1v) is 9.86. The minimum atomic E-state index is -0.686. The van der Waals surface area contributed by atoms with Crippen LogP contribution in [0, 0.1) is 6.92 Å². The molecule has 0 N–H and O–H groups in total. The zero-order valence-electron chi connectivity index (χ0n) is 16.5. The highest BCUT2D eigenvalue weighted by molar-refractivity contribution is 6.31. The van der Waals surface area contributed by atoms with Crippen LogP contribution in [0.25, 0.3) is 0 Å². The molecular formula is C24H20ClNO4. The second-order valence-corrected chi connectivity index (χ2v) is 7.49. The smallest absolute Gasteiger partial charge is 0.337 e. The maximum atomic E-state index is 13.1. The van der Waals surface area contributed by atoms with Gasteiger partial charge in [0.1, 0.15) is 11.8 Å². The quantitative estimate of drug-likeness (QED) is 0.431. The van der Waals surface area contributed by atoms with E-state index in [2.05, 4.69) is 0 Å². The SMILES string of the molecule is COC(=O)c1ccc([C@H]2[C@@H](Oc3ccccc3C)C(=O)N2c2cccc(Cl)c2)cc1. The fourth-order valence-electron chi connectivity index (χ4n) is 3.57. The molecule has 6 heteroatoms. The van der Waals surface area contributed by atoms with Crippen LogP contribution in [0.4, 0.5) is 5.69 Å². The van der Waals surface area contributed by atoms with Crippen molar-refractivity contribution in [2.45, 2.75) is 19.1 Å². The van der Waals surface area contributed by atoms with Crippen molar-refractivity contribution in [1.82, 2.24) is 0 Å². The van der Waals surface area contributed by atoms with Crippen molar-refractivity contribution in [3.63, 3.8) is 0 Å². The highest BCUT2D eigenvalue weighted by Gasteiger charge is 2.51. The van der Waals surface area contributed by atoms with Gasteiger partial charge in [0.05, 0.1) is 12.7 Å². The molecule has 1 saturated heterocycles. The van der Waals surface area contributed by atoms with Crippen LogP contribution in [-0.2, 0) is 9.53 Å². The van der Waals surface area contributed by atoms with Gasteiger partial charge in [0.2, 0.25) is 6.10 Å². The van der Waals surface area contributed by atoms with E-state index in [0.29, 0.717) is 22.0 Å². The standard InChI is InChI=1S/C24H20ClNO4/c1-15-6-3-4-9-20(15)30-22-21(16-10-12-17(13-11-16)24(28)29-2)26(23(22)27)19-8-5-7-18(25)14-19/h3-14,21-22H,1-2H3/t21-,22+/m0/s1. The van der Waals surface area contributed by atoms with E-state index in [4.69, 9.17) is 21.1 Å². The Morgan fingerprint density at radius 1 is 1.00 bits per heavy atom. The van der Waals surface area contributed by atoms with Gasteiger partial charge in [-0.3, -0.25) is 9.69 Å². The van der Waals surface area contributed by atoms with Crippen LogP contribution in [-0.4, -0.2) is 25.1 Å². The summed E-state index contributed by atoms with van der Waals surface area (Å²) in [6.45, 7) is 1.94. The number of benzene rings is 3. The minimum Gasteiger partial charge on any atom is -0.478 e. The normalized spacial score (nSPS) is 18.0. The van der Waals surface area contributed by atoms with E-state index in [1.165, 1.54) is 7.11 Å². The Bertz CT molecular complexity index is 1100. The van der Waals surface area contributed by atoms with Gasteiger partial charge in [0.25, 0.3) is 5.91 Å². The van der Waals surface area contributed by atoms with E-state index in [-0.39, 0.29) is 11.9 Å². The number of hydrogen-bond donors (Lipinski definition) is 0. The molecule has 30 heavy (non-hydrogen) atoms. The Morgan fingerprint density at radius 2 is 1.73 bits per heavy atom. The second kappa shape index (κ2) is 8.20. The molecule has 5 nitrogen and oxygen atoms in total. The maximum Gasteiger partial charge on any atom is 0.337 e. The number of halogens is 1. The number of ether oxygens (including phenoxy) is 2. The third kappa shape index (κ3) is 3.64. The van der Waals surface area contributed by atoms with Gasteiger partial charge in [-0.05, 0) is 54.4 Å². The molecule has 0 radical (unpaired) electrons. The van der Waals surface area contributed by atoms with Crippen molar-refractivity contribution >= 4 is 29.2 Å². The summed E-state index contributed by atoms with van der Waals surface area (Å²) in [4.78, 5) is 26.5. The number of amides is 1. The van der Waals surface area contributed by atoms with Gasteiger partial charge in [-0.1, -0.05) is 48.0 Å². The maximum absolute atomic E-state index is 13.1. The van der Waals surface area contributed by atoms with E-state index in [1.54, 1.807) is 35.2 Å². The molecule has 0 aliphatic carbocycles. The topological polar surface area (TPSA) is 55.8 Å². The summed E-state index contributed by atoms with van der Waals surface area (Å²) < 4.78 is 10.9. The van der Waals surface area contributed by atoms with Crippen molar-refractivity contribution in [2.24, 2.45) is 0 Å². The predicted octanol–water partition coefficient (Wildman–Crippen LogP) is 4.97. The average molecular weight is 422 g/mol. The predicted molar refractivity (Wildman–Crippen MR) is 115 cm³/mol. The summed E-state index contributed by atoms with van der Waals surface area (Å²) in [7, 11) is 1.34. The fourth-order valence-corrected chi connectivity index (χ4v) is 3.76. The van der Waals surface area contributed by atoms with Gasteiger partial charge in [-0.25, -0.2) is 4.79 Å². The molecule has 1 aliphatic rings. The molecule has 0 saturated carbocycles. The Labute approximate surface area is 179 Å². The summed E-state index contributed by atoms with van der Waals surface area (Å²) >= 11 is 6.15. The highest BCUT2D eigenvalue weighted by atomic mass is 35.5. The lowest BCUT2D eigenvalue weighted by atomic mass is 9.89. The molecule has 0 bridgehead atoms. The molecule has 3 aromatic rings. The number of para-hydroxylation sites is 1. The lowest BCUT2D eigenvalue weighted by molar-refractivity contribution is -0.135. The van der Waals surface area contributed by atoms with Gasteiger partial charge in [0, 0.05) is 10.7 Å². The van der Waals surface area contributed by atoms with Crippen molar-refractivity contribution in [1.29, 1.82) is 0 Å². The van der Waals surface area contributed by atoms with E-state index in [1.807, 2.05) is 49.4 Å². The van der Waals surface area contributed by atoms with Crippen molar-refractivity contribution < 1.29 is 19.1 Å². The monoisotopic (exact) mass is 421 g/mol. The molecule has 0 spiro atoms. The summed E-state index contributed by atoms with van der Waals surface area (Å²) in [6, 6.07) is 21.4. The molecule has 2 atom stereocenters. The Morgan fingerprint density at radius 3 is 2.40 bits per heavy atom. The molecule has 1 fully saturated rings. The van der Waals surface area contributed by atoms with Crippen LogP contribution in [0.2, 0.25) is 5.02 Å². The number of esters is 1. The molecule has 0 unspecified atom stereocenters. The van der Waals surface area contributed by atoms with Gasteiger partial charge in [-0.2, -0.15) is 0 Å². The molecule has 4 rings (SSSR count). The molecule has 1 aliphatic heterocycles. The van der Waals surface area contributed by atoms with E-state index >= 15 is 0 Å². The number of aryl methyl sites for hydroxylation is 1. The molecule has 0 aromatic heterocycles. The molecule has 152 valence electrons. The first-order chi connectivity index (χ1) is 14.5. The van der Waals surface area contributed by atoms with Gasteiger partial charge < -0.3 is 9.47 Å². The Balaban J connectivity index is 1.70. The van der Waals surface area contributed by atoms with Crippen LogP contribution in [0.1, 0.15) is 27.5 Å². The van der Waals surface area contributed by atoms with Crippen LogP contribution >= 0.6 is 11.6 Å². The van der Waals surface area contributed by atoms with Crippen LogP contribution in [0.15, 0.2) is 72.8 Å². The van der Waals surface area contributed by atoms with Crippen molar-refractivity contribution in [3.05, 3.63) is 94.5 Å². The lowest BCUT2D eigenvalue weighted by Gasteiger charge is -2.46.